The topological polar surface area (TPSA) is 39.2 Å². The van der Waals surface area contributed by atoms with E-state index in [1.807, 2.05) is 30.3 Å². The zero-order valence-electron chi connectivity index (χ0n) is 12.8. The minimum absolute atomic E-state index is 0.123. The molecule has 3 heteroatoms. The van der Waals surface area contributed by atoms with Crippen molar-refractivity contribution in [2.45, 2.75) is 39.2 Å². The molecule has 0 bridgehead atoms. The lowest BCUT2D eigenvalue weighted by atomic mass is 9.86. The maximum absolute atomic E-state index is 11.8. The smallest absolute Gasteiger partial charge is 0.310 e. The van der Waals surface area contributed by atoms with Crippen LogP contribution >= 0.6 is 0 Å². The van der Waals surface area contributed by atoms with Crippen LogP contribution in [0.15, 0.2) is 48.7 Å². The van der Waals surface area contributed by atoms with Gasteiger partial charge in [-0.2, -0.15) is 0 Å². The van der Waals surface area contributed by atoms with Crippen LogP contribution in [0.4, 0.5) is 0 Å². The molecular formula is C18H21NO2. The summed E-state index contributed by atoms with van der Waals surface area (Å²) in [5, 5.41) is 0. The van der Waals surface area contributed by atoms with Gasteiger partial charge in [0.05, 0.1) is 12.1 Å². The van der Waals surface area contributed by atoms with E-state index < -0.39 is 0 Å². The fourth-order valence-corrected chi connectivity index (χ4v) is 1.98. The van der Waals surface area contributed by atoms with Crippen LogP contribution < -0.4 is 0 Å². The maximum Gasteiger partial charge on any atom is 0.310 e. The van der Waals surface area contributed by atoms with Gasteiger partial charge in [0.15, 0.2) is 0 Å². The van der Waals surface area contributed by atoms with Gasteiger partial charge in [0.25, 0.3) is 0 Å². The van der Waals surface area contributed by atoms with E-state index in [4.69, 9.17) is 4.74 Å². The molecular weight excluding hydrogens is 262 g/mol. The Hall–Kier alpha value is -2.16. The second kappa shape index (κ2) is 6.53. The van der Waals surface area contributed by atoms with Gasteiger partial charge in [-0.3, -0.25) is 9.78 Å². The molecule has 1 heterocycles. The Morgan fingerprint density at radius 3 is 2.38 bits per heavy atom. The van der Waals surface area contributed by atoms with Gasteiger partial charge in [-0.05, 0) is 28.7 Å². The van der Waals surface area contributed by atoms with E-state index in [0.717, 1.165) is 11.3 Å². The molecule has 0 amide bonds. The number of hydrogen-bond donors (Lipinski definition) is 0. The van der Waals surface area contributed by atoms with Crippen molar-refractivity contribution in [1.82, 2.24) is 4.98 Å². The first kappa shape index (κ1) is 15.2. The van der Waals surface area contributed by atoms with Crippen molar-refractivity contribution in [2.24, 2.45) is 0 Å². The third-order valence-corrected chi connectivity index (χ3v) is 3.28. The van der Waals surface area contributed by atoms with Crippen LogP contribution in [0, 0.1) is 0 Å². The first-order valence-electron chi connectivity index (χ1n) is 7.10. The maximum atomic E-state index is 11.8. The Bertz CT molecular complexity index is 583. The van der Waals surface area contributed by atoms with Crippen LogP contribution in [-0.4, -0.2) is 11.0 Å². The summed E-state index contributed by atoms with van der Waals surface area (Å²) in [7, 11) is 0. The summed E-state index contributed by atoms with van der Waals surface area (Å²) in [6, 6.07) is 13.7. The predicted molar refractivity (Wildman–Crippen MR) is 82.9 cm³/mol. The largest absolute Gasteiger partial charge is 0.459 e. The van der Waals surface area contributed by atoms with E-state index in [9.17, 15) is 4.79 Å². The van der Waals surface area contributed by atoms with Gasteiger partial charge in [-0.25, -0.2) is 0 Å². The lowest BCUT2D eigenvalue weighted by molar-refractivity contribution is -0.144. The first-order chi connectivity index (χ1) is 9.95. The van der Waals surface area contributed by atoms with Gasteiger partial charge in [0.2, 0.25) is 0 Å². The van der Waals surface area contributed by atoms with Crippen molar-refractivity contribution in [2.75, 3.05) is 0 Å². The monoisotopic (exact) mass is 283 g/mol. The Labute approximate surface area is 126 Å². The molecule has 110 valence electrons. The van der Waals surface area contributed by atoms with Crippen LogP contribution in [0.1, 0.15) is 37.6 Å². The number of benzene rings is 1. The van der Waals surface area contributed by atoms with Gasteiger partial charge in [0, 0.05) is 6.20 Å². The predicted octanol–water partition coefficient (Wildman–Crippen LogP) is 3.67. The Kier molecular flexibility index (Phi) is 4.73. The molecule has 1 aromatic carbocycles. The quantitative estimate of drug-likeness (QED) is 0.804. The molecule has 0 radical (unpaired) electrons. The molecule has 3 nitrogen and oxygen atoms in total. The van der Waals surface area contributed by atoms with Gasteiger partial charge in [-0.15, -0.1) is 0 Å². The molecule has 0 N–H and O–H groups in total. The molecule has 0 fully saturated rings. The summed E-state index contributed by atoms with van der Waals surface area (Å²) in [4.78, 5) is 15.9. The van der Waals surface area contributed by atoms with E-state index in [0.29, 0.717) is 0 Å². The number of aromatic nitrogens is 1. The molecule has 0 atom stereocenters. The minimum atomic E-state index is -0.232. The van der Waals surface area contributed by atoms with Crippen molar-refractivity contribution in [3.8, 4) is 0 Å². The minimum Gasteiger partial charge on any atom is -0.459 e. The third-order valence-electron chi connectivity index (χ3n) is 3.28. The molecule has 0 aliphatic carbocycles. The summed E-state index contributed by atoms with van der Waals surface area (Å²) in [6.07, 6.45) is 1.98. The first-order valence-corrected chi connectivity index (χ1v) is 7.10. The normalized spacial score (nSPS) is 11.2. The van der Waals surface area contributed by atoms with E-state index in [-0.39, 0.29) is 24.4 Å². The third kappa shape index (κ3) is 4.71. The Morgan fingerprint density at radius 2 is 1.81 bits per heavy atom. The lowest BCUT2D eigenvalue weighted by Gasteiger charge is -2.19. The van der Waals surface area contributed by atoms with Gasteiger partial charge < -0.3 is 4.74 Å². The zero-order valence-corrected chi connectivity index (χ0v) is 12.8. The van der Waals surface area contributed by atoms with Crippen molar-refractivity contribution in [3.05, 3.63) is 65.5 Å². The van der Waals surface area contributed by atoms with Crippen LogP contribution in [0.5, 0.6) is 0 Å². The SMILES string of the molecule is CC(C)(C)c1ccc(CC(=O)OCc2ccccn2)cc1. The second-order valence-electron chi connectivity index (χ2n) is 6.11. The summed E-state index contributed by atoms with van der Waals surface area (Å²) in [5.41, 5.74) is 3.11. The van der Waals surface area contributed by atoms with Gasteiger partial charge >= 0.3 is 5.97 Å². The van der Waals surface area contributed by atoms with E-state index in [2.05, 4.69) is 37.9 Å². The highest BCUT2D eigenvalue weighted by Crippen LogP contribution is 2.22. The fourth-order valence-electron chi connectivity index (χ4n) is 1.98. The van der Waals surface area contributed by atoms with Crippen molar-refractivity contribution in [1.29, 1.82) is 0 Å². The highest BCUT2D eigenvalue weighted by molar-refractivity contribution is 5.72. The Balaban J connectivity index is 1.88. The van der Waals surface area contributed by atoms with E-state index in [1.54, 1.807) is 6.20 Å². The molecule has 0 aliphatic rings. The van der Waals surface area contributed by atoms with Crippen molar-refractivity contribution >= 4 is 5.97 Å². The van der Waals surface area contributed by atoms with Gasteiger partial charge in [-0.1, -0.05) is 51.1 Å². The average Bonchev–Trinajstić information content (AvgIpc) is 2.46. The number of nitrogens with zero attached hydrogens (tertiary/aromatic N) is 1. The zero-order chi connectivity index (χ0) is 15.3. The molecule has 0 saturated carbocycles. The summed E-state index contributed by atoms with van der Waals surface area (Å²) >= 11 is 0. The standard InChI is InChI=1S/C18H21NO2/c1-18(2,3)15-9-7-14(8-10-15)12-17(20)21-13-16-6-4-5-11-19-16/h4-11H,12-13H2,1-3H3. The highest BCUT2D eigenvalue weighted by atomic mass is 16.5. The molecule has 2 aromatic rings. The number of carbonyl (C=O) groups excluding carboxylic acids is 1. The molecule has 0 aliphatic heterocycles. The van der Waals surface area contributed by atoms with Crippen LogP contribution in [0.2, 0.25) is 0 Å². The molecule has 21 heavy (non-hydrogen) atoms. The van der Waals surface area contributed by atoms with Crippen LogP contribution in [0.3, 0.4) is 0 Å². The van der Waals surface area contributed by atoms with Crippen molar-refractivity contribution in [3.63, 3.8) is 0 Å². The summed E-state index contributed by atoms with van der Waals surface area (Å²) in [6.45, 7) is 6.73. The molecule has 0 unspecified atom stereocenters. The number of esters is 1. The van der Waals surface area contributed by atoms with E-state index in [1.165, 1.54) is 5.56 Å². The van der Waals surface area contributed by atoms with Gasteiger partial charge in [0.1, 0.15) is 6.61 Å². The van der Waals surface area contributed by atoms with Crippen LogP contribution in [-0.2, 0) is 28.0 Å². The Morgan fingerprint density at radius 1 is 1.10 bits per heavy atom. The molecule has 0 saturated heterocycles. The molecule has 0 spiro atoms. The number of ether oxygens (including phenoxy) is 1. The fraction of sp³-hybridized carbons (Fsp3) is 0.333. The number of hydrogen-bond acceptors (Lipinski definition) is 3. The number of pyridine rings is 1. The van der Waals surface area contributed by atoms with Crippen LogP contribution in [0.25, 0.3) is 0 Å². The molecule has 2 rings (SSSR count). The second-order valence-corrected chi connectivity index (χ2v) is 6.11. The lowest BCUT2D eigenvalue weighted by Crippen LogP contribution is -2.12. The highest BCUT2D eigenvalue weighted by Gasteiger charge is 2.13. The van der Waals surface area contributed by atoms with Crippen molar-refractivity contribution < 1.29 is 9.53 Å². The number of rotatable bonds is 4. The van der Waals surface area contributed by atoms with E-state index >= 15 is 0 Å². The summed E-state index contributed by atoms with van der Waals surface area (Å²) < 4.78 is 5.23. The summed E-state index contributed by atoms with van der Waals surface area (Å²) in [5.74, 6) is -0.232. The molecule has 1 aromatic heterocycles. The number of carbonyl (C=O) groups is 1. The average molecular weight is 283 g/mol.